The largest absolute Gasteiger partial charge is 0.332 e. The van der Waals surface area contributed by atoms with Crippen molar-refractivity contribution in [3.8, 4) is 22.0 Å². The molecule has 8 rings (SSSR count). The highest BCUT2D eigenvalue weighted by molar-refractivity contribution is 7.15. The Labute approximate surface area is 377 Å². The van der Waals surface area contributed by atoms with Crippen LogP contribution in [0.5, 0.6) is 0 Å². The molecule has 5 aromatic rings. The first-order chi connectivity index (χ1) is 30.6. The molecule has 2 fully saturated rings. The second-order valence-corrected chi connectivity index (χ2v) is 17.8. The number of fused-ring (bicyclic) bond motifs is 1. The lowest BCUT2D eigenvalue weighted by Gasteiger charge is -2.34. The summed E-state index contributed by atoms with van der Waals surface area (Å²) in [5, 5.41) is 17.6. The van der Waals surface area contributed by atoms with Crippen molar-refractivity contribution in [3.05, 3.63) is 93.6 Å². The van der Waals surface area contributed by atoms with Crippen molar-refractivity contribution in [1.82, 2.24) is 30.0 Å². The third-order valence-corrected chi connectivity index (χ3v) is 13.1. The van der Waals surface area contributed by atoms with Gasteiger partial charge in [0.05, 0.1) is 29.1 Å². The number of imide groups is 2. The third-order valence-electron chi connectivity index (χ3n) is 11.2. The minimum absolute atomic E-state index is 0.00415. The van der Waals surface area contributed by atoms with Crippen LogP contribution in [0.3, 0.4) is 0 Å². The maximum Gasteiger partial charge on any atom is 0.264 e. The van der Waals surface area contributed by atoms with Crippen LogP contribution in [0.25, 0.3) is 22.0 Å². The van der Waals surface area contributed by atoms with Crippen molar-refractivity contribution >= 4 is 91.9 Å². The summed E-state index contributed by atoms with van der Waals surface area (Å²) in [4.78, 5) is 91.2. The molecule has 2 aromatic heterocycles. The SMILES string of the molecule is O=C1CCC(N2C(=O)c3cccc(NC(=O)CN4CCN(CCCCCCCC(=O)Nc5ccc(-c6csc(-c7csc(Nc8ccc(Cl)cc8)n7)n6)cc5)CC4)c3C2=O)C(=O)N1. The van der Waals surface area contributed by atoms with Gasteiger partial charge in [0.1, 0.15) is 16.7 Å². The highest BCUT2D eigenvalue weighted by Gasteiger charge is 2.45. The lowest BCUT2D eigenvalue weighted by Crippen LogP contribution is -2.54. The molecular formula is C45H46ClN9O6S2. The van der Waals surface area contributed by atoms with Gasteiger partial charge < -0.3 is 20.9 Å². The van der Waals surface area contributed by atoms with Crippen LogP contribution in [-0.4, -0.2) is 105 Å². The summed E-state index contributed by atoms with van der Waals surface area (Å²) in [6.45, 7) is 4.25. The first-order valence-corrected chi connectivity index (χ1v) is 23.1. The number of rotatable bonds is 17. The first kappa shape index (κ1) is 43.8. The number of halogens is 1. The third kappa shape index (κ3) is 10.9. The van der Waals surface area contributed by atoms with Gasteiger partial charge in [-0.2, -0.15) is 0 Å². The van der Waals surface area contributed by atoms with Crippen molar-refractivity contribution in [2.75, 3.05) is 55.2 Å². The molecule has 6 amide bonds. The fraction of sp³-hybridized carbons (Fsp3) is 0.333. The number of carbonyl (C=O) groups excluding carboxylic acids is 6. The van der Waals surface area contributed by atoms with Gasteiger partial charge in [-0.15, -0.1) is 22.7 Å². The van der Waals surface area contributed by atoms with Gasteiger partial charge >= 0.3 is 0 Å². The molecule has 3 aliphatic heterocycles. The Morgan fingerprint density at radius 3 is 2.24 bits per heavy atom. The van der Waals surface area contributed by atoms with E-state index in [0.717, 1.165) is 108 Å². The number of hydrogen-bond acceptors (Lipinski definition) is 13. The Morgan fingerprint density at radius 2 is 1.46 bits per heavy atom. The number of carbonyl (C=O) groups is 6. The number of amides is 6. The van der Waals surface area contributed by atoms with Crippen LogP contribution in [0.4, 0.5) is 22.2 Å². The van der Waals surface area contributed by atoms with Crippen molar-refractivity contribution < 1.29 is 28.8 Å². The van der Waals surface area contributed by atoms with E-state index in [2.05, 4.69) is 31.1 Å². The summed E-state index contributed by atoms with van der Waals surface area (Å²) in [5.74, 6) is -2.69. The lowest BCUT2D eigenvalue weighted by molar-refractivity contribution is -0.136. The van der Waals surface area contributed by atoms with Crippen molar-refractivity contribution in [3.63, 3.8) is 0 Å². The van der Waals surface area contributed by atoms with Crippen molar-refractivity contribution in [1.29, 1.82) is 0 Å². The number of piperidine rings is 1. The predicted octanol–water partition coefficient (Wildman–Crippen LogP) is 7.27. The Balaban J connectivity index is 0.684. The second kappa shape index (κ2) is 20.1. The van der Waals surface area contributed by atoms with E-state index < -0.39 is 29.7 Å². The van der Waals surface area contributed by atoms with E-state index in [1.54, 1.807) is 12.1 Å². The fourth-order valence-corrected chi connectivity index (χ4v) is 9.60. The zero-order valence-corrected chi connectivity index (χ0v) is 36.8. The number of piperazine rings is 1. The Bertz CT molecular complexity index is 2500. The molecule has 5 heterocycles. The number of hydrogen-bond donors (Lipinski definition) is 4. The molecule has 3 aliphatic rings. The van der Waals surface area contributed by atoms with Crippen LogP contribution >= 0.6 is 34.3 Å². The molecule has 326 valence electrons. The quantitative estimate of drug-likeness (QED) is 0.0544. The van der Waals surface area contributed by atoms with E-state index in [9.17, 15) is 28.8 Å². The van der Waals surface area contributed by atoms with Gasteiger partial charge in [0.25, 0.3) is 11.8 Å². The van der Waals surface area contributed by atoms with Gasteiger partial charge in [0.15, 0.2) is 5.13 Å². The predicted molar refractivity (Wildman–Crippen MR) is 244 cm³/mol. The molecule has 0 saturated carbocycles. The molecule has 2 saturated heterocycles. The standard InChI is InChI=1S/C45H46ClN9O6S2/c46-29-12-16-31(17-13-29)48-45-51-35(27-63-45)42-50-34(26-62-42)28-10-14-30(15-11-28)47-37(56)9-4-2-1-3-5-20-53-21-23-54(24-22-53)25-39(58)49-33-8-6-7-32-40(33)44(61)55(43(32)60)36-18-19-38(57)52-41(36)59/h6-8,10-17,26-27,36H,1-5,9,18-25H2,(H,47,56)(H,48,51)(H,49,58)(H,52,57,59). The number of thiazole rings is 2. The van der Waals surface area contributed by atoms with Crippen LogP contribution < -0.4 is 21.3 Å². The average Bonchev–Trinajstić information content (AvgIpc) is 4.01. The normalized spacial score (nSPS) is 16.8. The second-order valence-electron chi connectivity index (χ2n) is 15.7. The number of benzene rings is 3. The smallest absolute Gasteiger partial charge is 0.264 e. The summed E-state index contributed by atoms with van der Waals surface area (Å²) in [6.07, 6.45) is 5.57. The number of nitrogens with zero attached hydrogens (tertiary/aromatic N) is 5. The summed E-state index contributed by atoms with van der Waals surface area (Å²) in [6, 6.07) is 18.8. The molecule has 3 aromatic carbocycles. The van der Waals surface area contributed by atoms with Gasteiger partial charge in [-0.05, 0) is 74.3 Å². The fourth-order valence-electron chi connectivity index (χ4n) is 7.89. The van der Waals surface area contributed by atoms with E-state index in [-0.39, 0.29) is 48.0 Å². The lowest BCUT2D eigenvalue weighted by atomic mass is 10.0. The van der Waals surface area contributed by atoms with Gasteiger partial charge in [-0.25, -0.2) is 9.97 Å². The van der Waals surface area contributed by atoms with E-state index in [4.69, 9.17) is 21.6 Å². The molecular weight excluding hydrogens is 862 g/mol. The number of nitrogens with one attached hydrogen (secondary N) is 4. The van der Waals surface area contributed by atoms with Gasteiger partial charge in [-0.1, -0.05) is 49.1 Å². The molecule has 63 heavy (non-hydrogen) atoms. The molecule has 4 N–H and O–H groups in total. The van der Waals surface area contributed by atoms with Crippen LogP contribution in [0, 0.1) is 0 Å². The van der Waals surface area contributed by atoms with Crippen LogP contribution in [0.15, 0.2) is 77.5 Å². The molecule has 18 heteroatoms. The summed E-state index contributed by atoms with van der Waals surface area (Å²) >= 11 is 9.04. The zero-order valence-electron chi connectivity index (χ0n) is 34.4. The van der Waals surface area contributed by atoms with Gasteiger partial charge in [0.2, 0.25) is 23.6 Å². The van der Waals surface area contributed by atoms with E-state index in [1.165, 1.54) is 28.7 Å². The van der Waals surface area contributed by atoms with Crippen molar-refractivity contribution in [2.45, 2.75) is 57.4 Å². The minimum Gasteiger partial charge on any atom is -0.332 e. The molecule has 15 nitrogen and oxygen atoms in total. The number of anilines is 4. The van der Waals surface area contributed by atoms with Gasteiger partial charge in [0, 0.05) is 71.7 Å². The molecule has 0 aliphatic carbocycles. The van der Waals surface area contributed by atoms with Crippen LogP contribution in [-0.2, 0) is 19.2 Å². The Hall–Kier alpha value is -5.85. The number of unbranched alkanes of at least 4 members (excludes halogenated alkanes) is 4. The monoisotopic (exact) mass is 907 g/mol. The van der Waals surface area contributed by atoms with E-state index >= 15 is 0 Å². The minimum atomic E-state index is -1.08. The molecule has 0 bridgehead atoms. The summed E-state index contributed by atoms with van der Waals surface area (Å²) < 4.78 is 0. The van der Waals surface area contributed by atoms with Gasteiger partial charge in [-0.3, -0.25) is 43.9 Å². The maximum atomic E-state index is 13.4. The maximum absolute atomic E-state index is 13.4. The summed E-state index contributed by atoms with van der Waals surface area (Å²) in [5.41, 5.74) is 4.71. The highest BCUT2D eigenvalue weighted by atomic mass is 35.5. The first-order valence-electron chi connectivity index (χ1n) is 21.0. The average molecular weight is 909 g/mol. The molecule has 0 spiro atoms. The molecule has 0 radical (unpaired) electrons. The van der Waals surface area contributed by atoms with E-state index in [0.29, 0.717) is 11.4 Å². The van der Waals surface area contributed by atoms with Crippen molar-refractivity contribution in [2.24, 2.45) is 0 Å². The van der Waals surface area contributed by atoms with Crippen LogP contribution in [0.1, 0.15) is 72.1 Å². The topological polar surface area (TPSA) is 186 Å². The molecule has 1 atom stereocenters. The molecule has 1 unspecified atom stereocenters. The van der Waals surface area contributed by atoms with E-state index in [1.807, 2.05) is 59.3 Å². The summed E-state index contributed by atoms with van der Waals surface area (Å²) in [7, 11) is 0. The van der Waals surface area contributed by atoms with Crippen LogP contribution in [0.2, 0.25) is 5.02 Å². The number of aromatic nitrogens is 2. The Morgan fingerprint density at radius 1 is 0.746 bits per heavy atom. The zero-order chi connectivity index (χ0) is 43.9. The Kier molecular flexibility index (Phi) is 14.0. The highest BCUT2D eigenvalue weighted by Crippen LogP contribution is 2.34.